The minimum absolute atomic E-state index is 0.00898. The zero-order chi connectivity index (χ0) is 24.9. The zero-order valence-corrected chi connectivity index (χ0v) is 19.0. The third-order valence-corrected chi connectivity index (χ3v) is 5.68. The van der Waals surface area contributed by atoms with E-state index in [1.807, 2.05) is 6.92 Å². The normalized spacial score (nSPS) is 15.4. The number of ketones is 1. The van der Waals surface area contributed by atoms with Crippen LogP contribution in [0.15, 0.2) is 72.8 Å². The van der Waals surface area contributed by atoms with E-state index in [0.29, 0.717) is 17.8 Å². The summed E-state index contributed by atoms with van der Waals surface area (Å²) in [6.45, 7) is 1.82. The first-order chi connectivity index (χ1) is 16.8. The van der Waals surface area contributed by atoms with Gasteiger partial charge in [-0.15, -0.1) is 0 Å². The number of imide groups is 1. The van der Waals surface area contributed by atoms with E-state index >= 15 is 0 Å². The second kappa shape index (κ2) is 10.4. The van der Waals surface area contributed by atoms with Crippen LogP contribution in [-0.4, -0.2) is 36.2 Å². The topological polar surface area (TPSA) is 92.8 Å². The van der Waals surface area contributed by atoms with Crippen molar-refractivity contribution in [2.24, 2.45) is 0 Å². The summed E-state index contributed by atoms with van der Waals surface area (Å²) in [5.74, 6) is -2.13. The predicted octanol–water partition coefficient (Wildman–Crippen LogP) is 3.60. The predicted molar refractivity (Wildman–Crippen MR) is 126 cm³/mol. The Kier molecular flexibility index (Phi) is 7.12. The van der Waals surface area contributed by atoms with E-state index in [2.05, 4.69) is 5.32 Å². The van der Waals surface area contributed by atoms with Gasteiger partial charge in [-0.05, 0) is 48.9 Å². The highest BCUT2D eigenvalue weighted by Crippen LogP contribution is 2.24. The van der Waals surface area contributed by atoms with Gasteiger partial charge in [-0.3, -0.25) is 14.4 Å². The van der Waals surface area contributed by atoms with Crippen LogP contribution in [0.3, 0.4) is 0 Å². The number of rotatable bonds is 8. The van der Waals surface area contributed by atoms with Crippen molar-refractivity contribution in [3.05, 3.63) is 101 Å². The molecule has 1 unspecified atom stereocenters. The van der Waals surface area contributed by atoms with E-state index in [1.54, 1.807) is 36.4 Å². The van der Waals surface area contributed by atoms with E-state index in [4.69, 9.17) is 4.74 Å². The second-order valence-electron chi connectivity index (χ2n) is 8.24. The summed E-state index contributed by atoms with van der Waals surface area (Å²) in [5.41, 5.74) is 2.78. The number of ether oxygens (including phenoxy) is 1. The van der Waals surface area contributed by atoms with Gasteiger partial charge in [-0.2, -0.15) is 0 Å². The van der Waals surface area contributed by atoms with Crippen LogP contribution >= 0.6 is 0 Å². The molecule has 0 aromatic heterocycles. The molecule has 1 aliphatic heterocycles. The summed E-state index contributed by atoms with van der Waals surface area (Å²) in [5, 5.41) is 3.03. The Hall–Kier alpha value is -4.17. The van der Waals surface area contributed by atoms with Crippen molar-refractivity contribution in [2.45, 2.75) is 25.9 Å². The number of carbonyl (C=O) groups excluding carboxylic acids is 4. The number of halogens is 1. The molecule has 0 radical (unpaired) electrons. The van der Waals surface area contributed by atoms with Crippen LogP contribution in [0, 0.1) is 12.7 Å². The average molecular weight is 474 g/mol. The first-order valence-electron chi connectivity index (χ1n) is 11.0. The molecule has 1 N–H and O–H groups in total. The van der Waals surface area contributed by atoms with E-state index in [1.165, 1.54) is 36.4 Å². The maximum absolute atomic E-state index is 13.0. The van der Waals surface area contributed by atoms with Gasteiger partial charge in [0.2, 0.25) is 5.91 Å². The molecule has 1 saturated heterocycles. The molecule has 1 heterocycles. The molecule has 4 rings (SSSR count). The van der Waals surface area contributed by atoms with Crippen LogP contribution in [0.2, 0.25) is 0 Å². The number of carbonyl (C=O) groups is 4. The summed E-state index contributed by atoms with van der Waals surface area (Å²) in [4.78, 5) is 50.9. The molecular formula is C27H23FN2O5. The van der Waals surface area contributed by atoms with Crippen LogP contribution in [0.4, 0.5) is 10.1 Å². The van der Waals surface area contributed by atoms with Gasteiger partial charge < -0.3 is 10.1 Å². The van der Waals surface area contributed by atoms with Gasteiger partial charge in [0.05, 0.1) is 23.7 Å². The van der Waals surface area contributed by atoms with E-state index in [9.17, 15) is 23.6 Å². The number of nitrogens with one attached hydrogen (secondary N) is 1. The molecule has 0 spiro atoms. The van der Waals surface area contributed by atoms with Gasteiger partial charge in [0, 0.05) is 12.1 Å². The molecule has 7 nitrogen and oxygen atoms in total. The van der Waals surface area contributed by atoms with Gasteiger partial charge in [0.1, 0.15) is 5.82 Å². The van der Waals surface area contributed by atoms with Gasteiger partial charge >= 0.3 is 5.97 Å². The van der Waals surface area contributed by atoms with Crippen molar-refractivity contribution in [1.82, 2.24) is 5.32 Å². The molecule has 35 heavy (non-hydrogen) atoms. The zero-order valence-electron chi connectivity index (χ0n) is 19.0. The van der Waals surface area contributed by atoms with Crippen LogP contribution in [0.25, 0.3) is 0 Å². The second-order valence-corrected chi connectivity index (χ2v) is 8.24. The van der Waals surface area contributed by atoms with Crippen molar-refractivity contribution in [2.75, 3.05) is 11.5 Å². The molecular weight excluding hydrogens is 451 g/mol. The Balaban J connectivity index is 1.34. The first kappa shape index (κ1) is 24.0. The Morgan fingerprint density at radius 2 is 1.57 bits per heavy atom. The summed E-state index contributed by atoms with van der Waals surface area (Å²) in [7, 11) is 0. The van der Waals surface area contributed by atoms with Crippen LogP contribution in [0.5, 0.6) is 0 Å². The molecule has 1 fully saturated rings. The maximum Gasteiger partial charge on any atom is 0.338 e. The number of benzene rings is 3. The Bertz CT molecular complexity index is 1250. The molecule has 2 amide bonds. The summed E-state index contributed by atoms with van der Waals surface area (Å²) >= 11 is 0. The van der Waals surface area contributed by atoms with Crippen molar-refractivity contribution >= 4 is 29.3 Å². The van der Waals surface area contributed by atoms with Crippen molar-refractivity contribution < 1.29 is 28.3 Å². The lowest BCUT2D eigenvalue weighted by Crippen LogP contribution is -2.38. The van der Waals surface area contributed by atoms with E-state index in [-0.39, 0.29) is 29.5 Å². The SMILES string of the molecule is Cc1ccc(C(=O)COC(=O)c2ccc(N3C(=O)CC(NCc4ccc(F)cc4)C3=O)cc2)cc1. The number of anilines is 1. The summed E-state index contributed by atoms with van der Waals surface area (Å²) in [6.07, 6.45) is -0.00898. The Morgan fingerprint density at radius 3 is 2.23 bits per heavy atom. The smallest absolute Gasteiger partial charge is 0.338 e. The highest BCUT2D eigenvalue weighted by Gasteiger charge is 2.39. The van der Waals surface area contributed by atoms with Crippen LogP contribution < -0.4 is 10.2 Å². The number of esters is 1. The molecule has 3 aromatic carbocycles. The fourth-order valence-corrected chi connectivity index (χ4v) is 3.69. The number of aryl methyl sites for hydroxylation is 1. The largest absolute Gasteiger partial charge is 0.454 e. The molecule has 0 aliphatic carbocycles. The lowest BCUT2D eigenvalue weighted by atomic mass is 10.1. The molecule has 0 saturated carbocycles. The van der Waals surface area contributed by atoms with Gasteiger partial charge in [0.25, 0.3) is 5.91 Å². The lowest BCUT2D eigenvalue weighted by molar-refractivity contribution is -0.121. The summed E-state index contributed by atoms with van der Waals surface area (Å²) in [6, 6.07) is 18.0. The summed E-state index contributed by atoms with van der Waals surface area (Å²) < 4.78 is 18.2. The third kappa shape index (κ3) is 5.67. The molecule has 178 valence electrons. The highest BCUT2D eigenvalue weighted by molar-refractivity contribution is 6.22. The Morgan fingerprint density at radius 1 is 0.943 bits per heavy atom. The lowest BCUT2D eigenvalue weighted by Gasteiger charge is -2.16. The number of amides is 2. The number of hydrogen-bond donors (Lipinski definition) is 1. The maximum atomic E-state index is 13.0. The minimum atomic E-state index is -0.704. The molecule has 0 bridgehead atoms. The van der Waals surface area contributed by atoms with E-state index in [0.717, 1.165) is 16.0 Å². The van der Waals surface area contributed by atoms with Crippen molar-refractivity contribution in [3.63, 3.8) is 0 Å². The number of nitrogens with zero attached hydrogens (tertiary/aromatic N) is 1. The molecule has 3 aromatic rings. The van der Waals surface area contributed by atoms with Gasteiger partial charge in [0.15, 0.2) is 12.4 Å². The van der Waals surface area contributed by atoms with Crippen molar-refractivity contribution in [1.29, 1.82) is 0 Å². The quantitative estimate of drug-likeness (QED) is 0.305. The fourth-order valence-electron chi connectivity index (χ4n) is 3.69. The van der Waals surface area contributed by atoms with Crippen molar-refractivity contribution in [3.8, 4) is 0 Å². The average Bonchev–Trinajstić information content (AvgIpc) is 3.15. The van der Waals surface area contributed by atoms with Gasteiger partial charge in [-0.25, -0.2) is 14.1 Å². The monoisotopic (exact) mass is 474 g/mol. The number of Topliss-reactive ketones (excluding diaryl/α,β-unsaturated/α-hetero) is 1. The van der Waals surface area contributed by atoms with Crippen LogP contribution in [-0.2, 0) is 20.9 Å². The third-order valence-electron chi connectivity index (χ3n) is 5.68. The molecule has 8 heteroatoms. The minimum Gasteiger partial charge on any atom is -0.454 e. The van der Waals surface area contributed by atoms with Gasteiger partial charge in [-0.1, -0.05) is 42.0 Å². The Labute approximate surface area is 201 Å². The number of hydrogen-bond acceptors (Lipinski definition) is 6. The van der Waals surface area contributed by atoms with Crippen LogP contribution in [0.1, 0.15) is 38.3 Å². The standard InChI is InChI=1S/C27H23FN2O5/c1-17-2-6-19(7-3-17)24(31)16-35-27(34)20-8-12-22(13-9-20)30-25(32)14-23(26(30)33)29-15-18-4-10-21(28)11-5-18/h2-13,23,29H,14-16H2,1H3. The molecule has 1 atom stereocenters. The first-order valence-corrected chi connectivity index (χ1v) is 11.0. The molecule has 1 aliphatic rings. The highest BCUT2D eigenvalue weighted by atomic mass is 19.1. The van der Waals surface area contributed by atoms with E-state index < -0.39 is 24.5 Å². The fraction of sp³-hybridized carbons (Fsp3) is 0.185.